The van der Waals surface area contributed by atoms with Crippen molar-refractivity contribution in [3.05, 3.63) is 23.0 Å². The van der Waals surface area contributed by atoms with Crippen molar-refractivity contribution >= 4 is 17.0 Å². The molecule has 1 fully saturated rings. The number of hydrogen-bond acceptors (Lipinski definition) is 3. The molecule has 2 aromatic heterocycles. The minimum Gasteiger partial charge on any atom is -0.481 e. The van der Waals surface area contributed by atoms with Gasteiger partial charge in [0.1, 0.15) is 0 Å². The van der Waals surface area contributed by atoms with Crippen molar-refractivity contribution in [2.45, 2.75) is 58.9 Å². The second-order valence-electron chi connectivity index (χ2n) is 6.44. The van der Waals surface area contributed by atoms with Crippen molar-refractivity contribution in [1.82, 2.24) is 14.8 Å². The first kappa shape index (κ1) is 15.0. The number of aromatic nitrogens is 3. The standard InChI is InChI=1S/C17H23N3O2/c1-11-14(8-16(21)22)12(2)19-17-15(11)9-18-20(17)10-13-6-4-3-5-7-13/h9,13H,3-8,10H2,1-2H3,(H,21,22). The smallest absolute Gasteiger partial charge is 0.307 e. The fourth-order valence-electron chi connectivity index (χ4n) is 3.58. The highest BCUT2D eigenvalue weighted by Gasteiger charge is 2.19. The number of fused-ring (bicyclic) bond motifs is 1. The zero-order chi connectivity index (χ0) is 15.7. The van der Waals surface area contributed by atoms with E-state index in [4.69, 9.17) is 5.11 Å². The molecule has 3 rings (SSSR count). The maximum Gasteiger partial charge on any atom is 0.307 e. The van der Waals surface area contributed by atoms with Crippen LogP contribution < -0.4 is 0 Å². The number of carboxylic acid groups (broad SMARTS) is 1. The molecule has 0 atom stereocenters. The average molecular weight is 301 g/mol. The Bertz CT molecular complexity index is 699. The number of nitrogens with zero attached hydrogens (tertiary/aromatic N) is 3. The van der Waals surface area contributed by atoms with E-state index in [9.17, 15) is 4.79 Å². The second kappa shape index (κ2) is 6.07. The van der Waals surface area contributed by atoms with E-state index < -0.39 is 5.97 Å². The second-order valence-corrected chi connectivity index (χ2v) is 6.44. The van der Waals surface area contributed by atoms with Gasteiger partial charge in [-0.3, -0.25) is 4.79 Å². The third-order valence-corrected chi connectivity index (χ3v) is 4.86. The molecule has 2 aromatic rings. The van der Waals surface area contributed by atoms with Gasteiger partial charge in [-0.1, -0.05) is 19.3 Å². The molecule has 0 aromatic carbocycles. The van der Waals surface area contributed by atoms with Gasteiger partial charge in [-0.15, -0.1) is 0 Å². The van der Waals surface area contributed by atoms with Gasteiger partial charge in [0.25, 0.3) is 0 Å². The monoisotopic (exact) mass is 301 g/mol. The Balaban J connectivity index is 1.95. The van der Waals surface area contributed by atoms with Crippen molar-refractivity contribution < 1.29 is 9.90 Å². The summed E-state index contributed by atoms with van der Waals surface area (Å²) in [5.41, 5.74) is 3.52. The number of aryl methyl sites for hydroxylation is 2. The maximum atomic E-state index is 11.0. The van der Waals surface area contributed by atoms with Gasteiger partial charge in [0.2, 0.25) is 0 Å². The number of rotatable bonds is 4. The summed E-state index contributed by atoms with van der Waals surface area (Å²) < 4.78 is 2.01. The highest BCUT2D eigenvalue weighted by Crippen LogP contribution is 2.27. The molecule has 5 nitrogen and oxygen atoms in total. The highest BCUT2D eigenvalue weighted by atomic mass is 16.4. The molecule has 0 unspecified atom stereocenters. The van der Waals surface area contributed by atoms with Gasteiger partial charge in [0.05, 0.1) is 12.6 Å². The van der Waals surface area contributed by atoms with Crippen LogP contribution in [0.4, 0.5) is 0 Å². The number of carboxylic acids is 1. The number of pyridine rings is 1. The molecule has 0 amide bonds. The summed E-state index contributed by atoms with van der Waals surface area (Å²) in [6.45, 7) is 4.79. The lowest BCUT2D eigenvalue weighted by atomic mass is 9.89. The number of aliphatic carboxylic acids is 1. The molecule has 0 aliphatic heterocycles. The minimum absolute atomic E-state index is 0.0222. The molecule has 118 valence electrons. The van der Waals surface area contributed by atoms with E-state index in [-0.39, 0.29) is 6.42 Å². The van der Waals surface area contributed by atoms with Gasteiger partial charge in [-0.05, 0) is 43.7 Å². The van der Waals surface area contributed by atoms with Gasteiger partial charge in [-0.25, -0.2) is 9.67 Å². The van der Waals surface area contributed by atoms with Crippen LogP contribution in [0.15, 0.2) is 6.20 Å². The largest absolute Gasteiger partial charge is 0.481 e. The fraction of sp³-hybridized carbons (Fsp3) is 0.588. The van der Waals surface area contributed by atoms with Crippen LogP contribution in [0.5, 0.6) is 0 Å². The van der Waals surface area contributed by atoms with Crippen LogP contribution in [0.2, 0.25) is 0 Å². The molecule has 2 heterocycles. The third kappa shape index (κ3) is 2.85. The third-order valence-electron chi connectivity index (χ3n) is 4.86. The number of carbonyl (C=O) groups is 1. The number of hydrogen-bond donors (Lipinski definition) is 1. The van der Waals surface area contributed by atoms with Crippen molar-refractivity contribution in [2.75, 3.05) is 0 Å². The van der Waals surface area contributed by atoms with E-state index in [0.717, 1.165) is 34.4 Å². The van der Waals surface area contributed by atoms with E-state index in [2.05, 4.69) is 10.1 Å². The SMILES string of the molecule is Cc1nc2c(cnn2CC2CCCCC2)c(C)c1CC(=O)O. The summed E-state index contributed by atoms with van der Waals surface area (Å²) in [7, 11) is 0. The lowest BCUT2D eigenvalue weighted by molar-refractivity contribution is -0.136. The molecule has 1 N–H and O–H groups in total. The van der Waals surface area contributed by atoms with Crippen molar-refractivity contribution in [2.24, 2.45) is 5.92 Å². The molecule has 0 spiro atoms. The first-order chi connectivity index (χ1) is 10.6. The van der Waals surface area contributed by atoms with Crippen molar-refractivity contribution in [3.8, 4) is 0 Å². The average Bonchev–Trinajstić information content (AvgIpc) is 2.87. The van der Waals surface area contributed by atoms with E-state index in [1.54, 1.807) is 0 Å². The Morgan fingerprint density at radius 1 is 1.32 bits per heavy atom. The van der Waals surface area contributed by atoms with E-state index in [1.807, 2.05) is 24.7 Å². The summed E-state index contributed by atoms with van der Waals surface area (Å²) in [5, 5.41) is 14.6. The van der Waals surface area contributed by atoms with E-state index in [0.29, 0.717) is 5.92 Å². The molecule has 22 heavy (non-hydrogen) atoms. The van der Waals surface area contributed by atoms with Crippen LogP contribution in [0.1, 0.15) is 48.9 Å². The molecular weight excluding hydrogens is 278 g/mol. The predicted octanol–water partition coefficient (Wildman–Crippen LogP) is 3.26. The van der Waals surface area contributed by atoms with E-state index >= 15 is 0 Å². The van der Waals surface area contributed by atoms with Crippen LogP contribution in [0, 0.1) is 19.8 Å². The normalized spacial score (nSPS) is 16.3. The lowest BCUT2D eigenvalue weighted by Crippen LogP contribution is -2.15. The van der Waals surface area contributed by atoms with Gasteiger partial charge >= 0.3 is 5.97 Å². The first-order valence-corrected chi connectivity index (χ1v) is 8.09. The summed E-state index contributed by atoms with van der Waals surface area (Å²) in [6.07, 6.45) is 8.40. The summed E-state index contributed by atoms with van der Waals surface area (Å²) in [4.78, 5) is 15.7. The van der Waals surface area contributed by atoms with Crippen LogP contribution in [-0.4, -0.2) is 25.8 Å². The molecular formula is C17H23N3O2. The summed E-state index contributed by atoms with van der Waals surface area (Å²) in [5.74, 6) is -0.125. The molecule has 0 bridgehead atoms. The van der Waals surface area contributed by atoms with Crippen molar-refractivity contribution in [1.29, 1.82) is 0 Å². The van der Waals surface area contributed by atoms with Gasteiger partial charge in [0.15, 0.2) is 5.65 Å². The summed E-state index contributed by atoms with van der Waals surface area (Å²) >= 11 is 0. The Kier molecular flexibility index (Phi) is 4.14. The predicted molar refractivity (Wildman–Crippen MR) is 84.9 cm³/mol. The van der Waals surface area contributed by atoms with Gasteiger partial charge in [0, 0.05) is 17.6 Å². The first-order valence-electron chi connectivity index (χ1n) is 8.09. The lowest BCUT2D eigenvalue weighted by Gasteiger charge is -2.21. The Morgan fingerprint density at radius 2 is 2.05 bits per heavy atom. The Hall–Kier alpha value is -1.91. The van der Waals surface area contributed by atoms with Crippen molar-refractivity contribution in [3.63, 3.8) is 0 Å². The van der Waals surface area contributed by atoms with Crippen LogP contribution in [0.3, 0.4) is 0 Å². The van der Waals surface area contributed by atoms with E-state index in [1.165, 1.54) is 32.1 Å². The summed E-state index contributed by atoms with van der Waals surface area (Å²) in [6, 6.07) is 0. The Morgan fingerprint density at radius 3 is 2.73 bits per heavy atom. The maximum absolute atomic E-state index is 11.0. The fourth-order valence-corrected chi connectivity index (χ4v) is 3.58. The zero-order valence-electron chi connectivity index (χ0n) is 13.3. The van der Waals surface area contributed by atoms with Crippen LogP contribution in [0.25, 0.3) is 11.0 Å². The quantitative estimate of drug-likeness (QED) is 0.941. The molecule has 1 saturated carbocycles. The van der Waals surface area contributed by atoms with Gasteiger partial charge in [-0.2, -0.15) is 5.10 Å². The molecule has 1 aliphatic rings. The topological polar surface area (TPSA) is 68.0 Å². The molecule has 5 heteroatoms. The minimum atomic E-state index is -0.818. The van der Waals surface area contributed by atoms with Gasteiger partial charge < -0.3 is 5.11 Å². The molecule has 1 aliphatic carbocycles. The highest BCUT2D eigenvalue weighted by molar-refractivity contribution is 5.82. The Labute approximate surface area is 130 Å². The molecule has 0 saturated heterocycles. The van der Waals surface area contributed by atoms with Crippen LogP contribution >= 0.6 is 0 Å². The van der Waals surface area contributed by atoms with Crippen LogP contribution in [-0.2, 0) is 17.8 Å². The zero-order valence-corrected chi connectivity index (χ0v) is 13.3. The molecule has 0 radical (unpaired) electrons.